The second kappa shape index (κ2) is 9.76. The maximum Gasteiger partial charge on any atom is 0.416 e. The molecule has 178 valence electrons. The summed E-state index contributed by atoms with van der Waals surface area (Å²) in [6.07, 6.45) is -4.63. The van der Waals surface area contributed by atoms with Crippen LogP contribution in [-0.4, -0.2) is 15.7 Å². The molecule has 3 aromatic carbocycles. The molecule has 1 amide bonds. The van der Waals surface area contributed by atoms with Crippen LogP contribution in [0.25, 0.3) is 22.4 Å². The third-order valence-electron chi connectivity index (χ3n) is 5.33. The molecule has 4 rings (SSSR count). The molecule has 1 heterocycles. The number of anilines is 1. The second-order valence-electron chi connectivity index (χ2n) is 7.60. The Morgan fingerprint density at radius 2 is 1.57 bits per heavy atom. The fraction of sp³-hybridized carbons (Fsp3) is 0.115. The first-order valence-corrected chi connectivity index (χ1v) is 11.0. The number of nitrogens with one attached hydrogen (secondary N) is 1. The van der Waals surface area contributed by atoms with Crippen LogP contribution in [-0.2, 0) is 12.7 Å². The van der Waals surface area contributed by atoms with E-state index in [4.69, 9.17) is 11.6 Å². The third-order valence-corrected chi connectivity index (χ3v) is 5.66. The van der Waals surface area contributed by atoms with E-state index in [0.29, 0.717) is 16.8 Å². The summed E-state index contributed by atoms with van der Waals surface area (Å²) in [6.45, 7) is 1.88. The molecule has 0 atom stereocenters. The Bertz CT molecular complexity index is 1440. The summed E-state index contributed by atoms with van der Waals surface area (Å²) in [6, 6.07) is 20.4. The molecule has 9 heteroatoms. The number of alkyl halides is 3. The highest BCUT2D eigenvalue weighted by Gasteiger charge is 2.32. The number of carbonyl (C=O) groups excluding carboxylic acids is 1. The third kappa shape index (κ3) is 4.97. The highest BCUT2D eigenvalue weighted by atomic mass is 35.5. The number of aromatic nitrogens is 2. The van der Waals surface area contributed by atoms with Crippen molar-refractivity contribution in [2.45, 2.75) is 19.6 Å². The average molecular weight is 498 g/mol. The van der Waals surface area contributed by atoms with Crippen molar-refractivity contribution in [2.24, 2.45) is 0 Å². The number of benzene rings is 3. The summed E-state index contributed by atoms with van der Waals surface area (Å²) in [5.41, 5.74) is -0.283. The van der Waals surface area contributed by atoms with E-state index in [2.05, 4.69) is 10.4 Å². The Morgan fingerprint density at radius 3 is 2.14 bits per heavy atom. The average Bonchev–Trinajstić information content (AvgIpc) is 2.85. The Kier molecular flexibility index (Phi) is 6.75. The van der Waals surface area contributed by atoms with Crippen molar-refractivity contribution in [1.29, 1.82) is 0 Å². The van der Waals surface area contributed by atoms with Crippen LogP contribution in [0.5, 0.6) is 0 Å². The summed E-state index contributed by atoms with van der Waals surface area (Å²) < 4.78 is 40.8. The molecule has 35 heavy (non-hydrogen) atoms. The SMILES string of the molecule is CCn1nc(-c2ccccc2)c(-c2ccccc2)c(C(=O)Nc2cc(C(F)(F)F)ccc2Cl)c1=O. The molecule has 0 bridgehead atoms. The van der Waals surface area contributed by atoms with Gasteiger partial charge in [0.1, 0.15) is 5.56 Å². The molecule has 0 radical (unpaired) electrons. The van der Waals surface area contributed by atoms with Gasteiger partial charge in [0.15, 0.2) is 0 Å². The molecule has 1 N–H and O–H groups in total. The van der Waals surface area contributed by atoms with Gasteiger partial charge in [0.05, 0.1) is 22.0 Å². The molecule has 0 aliphatic heterocycles. The van der Waals surface area contributed by atoms with Crippen LogP contribution >= 0.6 is 11.6 Å². The molecule has 0 unspecified atom stereocenters. The van der Waals surface area contributed by atoms with Crippen molar-refractivity contribution in [1.82, 2.24) is 9.78 Å². The van der Waals surface area contributed by atoms with Gasteiger partial charge in [-0.1, -0.05) is 72.3 Å². The predicted molar refractivity (Wildman–Crippen MR) is 129 cm³/mol. The number of rotatable bonds is 5. The van der Waals surface area contributed by atoms with E-state index in [1.165, 1.54) is 0 Å². The molecule has 0 aliphatic rings. The van der Waals surface area contributed by atoms with E-state index in [9.17, 15) is 22.8 Å². The molecule has 4 aromatic rings. The first-order chi connectivity index (χ1) is 16.7. The molecule has 0 saturated heterocycles. The van der Waals surface area contributed by atoms with Crippen LogP contribution < -0.4 is 10.9 Å². The van der Waals surface area contributed by atoms with Crippen molar-refractivity contribution < 1.29 is 18.0 Å². The lowest BCUT2D eigenvalue weighted by Gasteiger charge is -2.17. The van der Waals surface area contributed by atoms with Gasteiger partial charge >= 0.3 is 6.18 Å². The van der Waals surface area contributed by atoms with Crippen molar-refractivity contribution in [3.05, 3.63) is 105 Å². The lowest BCUT2D eigenvalue weighted by molar-refractivity contribution is -0.137. The minimum Gasteiger partial charge on any atom is -0.320 e. The normalized spacial score (nSPS) is 11.3. The van der Waals surface area contributed by atoms with Crippen LogP contribution in [0, 0.1) is 0 Å². The number of nitrogens with zero attached hydrogens (tertiary/aromatic N) is 2. The minimum absolute atomic E-state index is 0.0965. The standard InChI is InChI=1S/C26H19ClF3N3O2/c1-2-33-25(35)22(24(34)31-20-15-18(26(28,29)30)13-14-19(20)27)21(16-9-5-3-6-10-16)23(32-33)17-11-7-4-8-12-17/h3-15H,2H2,1H3,(H,31,34). The Balaban J connectivity index is 1.95. The topological polar surface area (TPSA) is 64.0 Å². The van der Waals surface area contributed by atoms with Crippen molar-refractivity contribution in [2.75, 3.05) is 5.32 Å². The van der Waals surface area contributed by atoms with Crippen LogP contribution in [0.15, 0.2) is 83.7 Å². The maximum atomic E-state index is 13.5. The van der Waals surface area contributed by atoms with Crippen LogP contribution in [0.4, 0.5) is 18.9 Å². The van der Waals surface area contributed by atoms with E-state index in [1.807, 2.05) is 6.07 Å². The number of hydrogen-bond donors (Lipinski definition) is 1. The minimum atomic E-state index is -4.63. The Morgan fingerprint density at radius 1 is 0.971 bits per heavy atom. The monoisotopic (exact) mass is 497 g/mol. The van der Waals surface area contributed by atoms with Crippen LogP contribution in [0.1, 0.15) is 22.8 Å². The largest absolute Gasteiger partial charge is 0.416 e. The molecule has 0 saturated carbocycles. The molecule has 5 nitrogen and oxygen atoms in total. The van der Waals surface area contributed by atoms with Gasteiger partial charge in [0, 0.05) is 17.7 Å². The lowest BCUT2D eigenvalue weighted by Crippen LogP contribution is -2.32. The lowest BCUT2D eigenvalue weighted by atomic mass is 9.95. The predicted octanol–water partition coefficient (Wildman–Crippen LogP) is 6.52. The number of aryl methyl sites for hydroxylation is 1. The van der Waals surface area contributed by atoms with Crippen molar-refractivity contribution in [3.63, 3.8) is 0 Å². The first kappa shape index (κ1) is 24.2. The molecular weight excluding hydrogens is 479 g/mol. The summed E-state index contributed by atoms with van der Waals surface area (Å²) in [5.74, 6) is -0.892. The second-order valence-corrected chi connectivity index (χ2v) is 8.01. The smallest absolute Gasteiger partial charge is 0.320 e. The van der Waals surface area contributed by atoms with Gasteiger partial charge in [0.2, 0.25) is 0 Å². The van der Waals surface area contributed by atoms with Gasteiger partial charge in [-0.2, -0.15) is 18.3 Å². The zero-order valence-corrected chi connectivity index (χ0v) is 19.2. The fourth-order valence-corrected chi connectivity index (χ4v) is 3.83. The number of amides is 1. The van der Waals surface area contributed by atoms with Crippen molar-refractivity contribution in [3.8, 4) is 22.4 Å². The Labute approximate surface area is 203 Å². The number of halogens is 4. The summed E-state index contributed by atoms with van der Waals surface area (Å²) in [4.78, 5) is 26.8. The van der Waals surface area contributed by atoms with Crippen LogP contribution in [0.3, 0.4) is 0 Å². The zero-order chi connectivity index (χ0) is 25.2. The quantitative estimate of drug-likeness (QED) is 0.341. The summed E-state index contributed by atoms with van der Waals surface area (Å²) in [5, 5.41) is 6.81. The van der Waals surface area contributed by atoms with Gasteiger partial charge in [-0.05, 0) is 30.7 Å². The van der Waals surface area contributed by atoms with Gasteiger partial charge < -0.3 is 5.32 Å². The molecule has 1 aromatic heterocycles. The van der Waals surface area contributed by atoms with Gasteiger partial charge in [-0.25, -0.2) is 4.68 Å². The Hall–Kier alpha value is -3.91. The van der Waals surface area contributed by atoms with Gasteiger partial charge in [0.25, 0.3) is 11.5 Å². The summed E-state index contributed by atoms with van der Waals surface area (Å²) >= 11 is 6.08. The van der Waals surface area contributed by atoms with Crippen molar-refractivity contribution >= 4 is 23.2 Å². The first-order valence-electron chi connectivity index (χ1n) is 10.6. The van der Waals surface area contributed by atoms with E-state index in [1.54, 1.807) is 61.5 Å². The fourth-order valence-electron chi connectivity index (χ4n) is 3.66. The molecule has 0 spiro atoms. The number of carbonyl (C=O) groups is 1. The summed E-state index contributed by atoms with van der Waals surface area (Å²) in [7, 11) is 0. The van der Waals surface area contributed by atoms with Gasteiger partial charge in [-0.3, -0.25) is 9.59 Å². The van der Waals surface area contributed by atoms with E-state index >= 15 is 0 Å². The maximum absolute atomic E-state index is 13.5. The van der Waals surface area contributed by atoms with Crippen LogP contribution in [0.2, 0.25) is 5.02 Å². The zero-order valence-electron chi connectivity index (χ0n) is 18.4. The van der Waals surface area contributed by atoms with E-state index < -0.39 is 23.2 Å². The molecule has 0 aliphatic carbocycles. The molecular formula is C26H19ClF3N3O2. The molecule has 0 fully saturated rings. The number of hydrogen-bond acceptors (Lipinski definition) is 3. The highest BCUT2D eigenvalue weighted by Crippen LogP contribution is 2.35. The van der Waals surface area contributed by atoms with E-state index in [-0.39, 0.29) is 28.4 Å². The van der Waals surface area contributed by atoms with E-state index in [0.717, 1.165) is 22.9 Å². The highest BCUT2D eigenvalue weighted by molar-refractivity contribution is 6.34. The van der Waals surface area contributed by atoms with Gasteiger partial charge in [-0.15, -0.1) is 0 Å².